The van der Waals surface area contributed by atoms with Crippen molar-refractivity contribution in [1.29, 1.82) is 0 Å². The maximum atomic E-state index is 14.4. The highest BCUT2D eigenvalue weighted by molar-refractivity contribution is 5.33. The van der Waals surface area contributed by atoms with E-state index in [0.29, 0.717) is 29.7 Å². The molecular weight excluding hydrogens is 319 g/mol. The summed E-state index contributed by atoms with van der Waals surface area (Å²) in [6.45, 7) is 4.91. The number of hydrogen-bond donors (Lipinski definition) is 2. The Kier molecular flexibility index (Phi) is 4.73. The summed E-state index contributed by atoms with van der Waals surface area (Å²) in [5.74, 6) is 2.01. The minimum Gasteiger partial charge on any atom is -0.487 e. The molecule has 3 fully saturated rings. The van der Waals surface area contributed by atoms with Gasteiger partial charge in [-0.25, -0.2) is 4.39 Å². The van der Waals surface area contributed by atoms with Crippen LogP contribution in [0.25, 0.3) is 0 Å². The number of nitrogens with two attached hydrogens (primary N) is 1. The summed E-state index contributed by atoms with van der Waals surface area (Å²) in [4.78, 5) is 2.26. The van der Waals surface area contributed by atoms with Gasteiger partial charge >= 0.3 is 0 Å². The van der Waals surface area contributed by atoms with Crippen molar-refractivity contribution in [1.82, 2.24) is 4.90 Å². The zero-order valence-electron chi connectivity index (χ0n) is 14.9. The maximum absolute atomic E-state index is 14.4. The van der Waals surface area contributed by atoms with Crippen molar-refractivity contribution in [2.45, 2.75) is 50.9 Å². The molecule has 0 spiro atoms. The lowest BCUT2D eigenvalue weighted by atomic mass is 10.0. The smallest absolute Gasteiger partial charge is 0.165 e. The van der Waals surface area contributed by atoms with Crippen molar-refractivity contribution < 1.29 is 14.2 Å². The molecule has 0 bridgehead atoms. The Balaban J connectivity index is 1.32. The van der Waals surface area contributed by atoms with E-state index < -0.39 is 18.0 Å². The fourth-order valence-electron chi connectivity index (χ4n) is 4.53. The van der Waals surface area contributed by atoms with Crippen LogP contribution in [0, 0.1) is 23.6 Å². The molecule has 1 saturated heterocycles. The molecule has 5 heteroatoms. The normalized spacial score (nSPS) is 33.0. The summed E-state index contributed by atoms with van der Waals surface area (Å²) < 4.78 is 20.2. The summed E-state index contributed by atoms with van der Waals surface area (Å²) in [5.41, 5.74) is 6.66. The van der Waals surface area contributed by atoms with Crippen molar-refractivity contribution >= 4 is 0 Å². The largest absolute Gasteiger partial charge is 0.487 e. The minimum absolute atomic E-state index is 0.208. The molecule has 1 aromatic rings. The lowest BCUT2D eigenvalue weighted by molar-refractivity contribution is 0.125. The first-order valence-corrected chi connectivity index (χ1v) is 9.72. The van der Waals surface area contributed by atoms with Crippen LogP contribution >= 0.6 is 0 Å². The number of nitrogens with zero attached hydrogens (tertiary/aromatic N) is 1. The predicted octanol–water partition coefficient (Wildman–Crippen LogP) is 2.71. The second-order valence-corrected chi connectivity index (χ2v) is 8.00. The van der Waals surface area contributed by atoms with E-state index in [1.165, 1.54) is 31.7 Å². The van der Waals surface area contributed by atoms with Gasteiger partial charge in [0.15, 0.2) is 11.6 Å². The number of rotatable bonds is 8. The molecule has 4 rings (SSSR count). The topological polar surface area (TPSA) is 58.7 Å². The van der Waals surface area contributed by atoms with Gasteiger partial charge in [0.25, 0.3) is 0 Å². The zero-order valence-corrected chi connectivity index (χ0v) is 14.9. The molecule has 4 nitrogen and oxygen atoms in total. The molecule has 3 N–H and O–H groups in total. The molecule has 4 atom stereocenters. The Bertz CT molecular complexity index is 610. The quantitative estimate of drug-likeness (QED) is 0.758. The van der Waals surface area contributed by atoms with Crippen LogP contribution in [0.4, 0.5) is 4.39 Å². The lowest BCUT2D eigenvalue weighted by Gasteiger charge is -2.25. The number of aliphatic hydroxyl groups excluding tert-OH is 1. The number of benzene rings is 1. The van der Waals surface area contributed by atoms with E-state index in [9.17, 15) is 9.50 Å². The first-order chi connectivity index (χ1) is 12.1. The van der Waals surface area contributed by atoms with Crippen LogP contribution in [0.1, 0.15) is 44.3 Å². The molecule has 1 aliphatic heterocycles. The summed E-state index contributed by atoms with van der Waals surface area (Å²) in [7, 11) is 0. The van der Waals surface area contributed by atoms with E-state index in [4.69, 9.17) is 10.5 Å². The van der Waals surface area contributed by atoms with Gasteiger partial charge < -0.3 is 20.5 Å². The summed E-state index contributed by atoms with van der Waals surface area (Å²) in [6, 6.07) is 4.35. The molecule has 0 amide bonds. The second kappa shape index (κ2) is 6.86. The van der Waals surface area contributed by atoms with Gasteiger partial charge in [0.2, 0.25) is 0 Å². The van der Waals surface area contributed by atoms with Gasteiger partial charge in [-0.3, -0.25) is 0 Å². The molecule has 1 heterocycles. The van der Waals surface area contributed by atoms with Gasteiger partial charge in [0, 0.05) is 24.4 Å². The van der Waals surface area contributed by atoms with E-state index in [1.54, 1.807) is 12.1 Å². The average Bonchev–Trinajstić information content (AvgIpc) is 3.43. The van der Waals surface area contributed by atoms with Gasteiger partial charge in [-0.15, -0.1) is 0 Å². The molecule has 2 saturated carbocycles. The molecule has 138 valence electrons. The Labute approximate surface area is 149 Å². The van der Waals surface area contributed by atoms with Crippen molar-refractivity contribution in [2.24, 2.45) is 23.5 Å². The van der Waals surface area contributed by atoms with E-state index >= 15 is 0 Å². The summed E-state index contributed by atoms with van der Waals surface area (Å²) in [5, 5.41) is 10.4. The van der Waals surface area contributed by atoms with Crippen LogP contribution in [0.5, 0.6) is 5.75 Å². The lowest BCUT2D eigenvalue weighted by Crippen LogP contribution is -2.40. The van der Waals surface area contributed by atoms with Gasteiger partial charge in [-0.05, 0) is 56.0 Å². The van der Waals surface area contributed by atoms with E-state index in [1.807, 2.05) is 0 Å². The Hall–Kier alpha value is -1.17. The number of fused-ring (bicyclic) bond motifs is 1. The third-order valence-electron chi connectivity index (χ3n) is 6.17. The van der Waals surface area contributed by atoms with Crippen molar-refractivity contribution in [3.05, 3.63) is 29.6 Å². The molecule has 1 aromatic carbocycles. The van der Waals surface area contributed by atoms with Gasteiger partial charge in [0.1, 0.15) is 6.10 Å². The summed E-state index contributed by atoms with van der Waals surface area (Å²) >= 11 is 0. The van der Waals surface area contributed by atoms with Crippen LogP contribution < -0.4 is 10.5 Å². The standard InChI is InChI=1S/C20H29FN2O2/c1-2-5-13-17-18(13)20(17)25-16-7-6-12(10-14(16)21)19(24)15(22)11-23-8-3-4-9-23/h6-7,10,13,15,17-20,24H,2-5,8-9,11,22H2,1H3/t13?,15-,17?,18?,19-,20?/m1/s1. The Morgan fingerprint density at radius 2 is 2.04 bits per heavy atom. The van der Waals surface area contributed by atoms with Gasteiger partial charge in [-0.1, -0.05) is 19.4 Å². The summed E-state index contributed by atoms with van der Waals surface area (Å²) in [6.07, 6.45) is 4.20. The molecule has 25 heavy (non-hydrogen) atoms. The van der Waals surface area contributed by atoms with E-state index in [2.05, 4.69) is 11.8 Å². The highest BCUT2D eigenvalue weighted by Crippen LogP contribution is 2.70. The average molecular weight is 348 g/mol. The number of likely N-dealkylation sites (tertiary alicyclic amines) is 1. The maximum Gasteiger partial charge on any atom is 0.165 e. The highest BCUT2D eigenvalue weighted by atomic mass is 19.1. The number of halogens is 1. The zero-order chi connectivity index (χ0) is 17.6. The third-order valence-corrected chi connectivity index (χ3v) is 6.17. The van der Waals surface area contributed by atoms with Crippen LogP contribution in [-0.2, 0) is 0 Å². The predicted molar refractivity (Wildman–Crippen MR) is 94.8 cm³/mol. The van der Waals surface area contributed by atoms with Gasteiger partial charge in [0.05, 0.1) is 6.10 Å². The van der Waals surface area contributed by atoms with Crippen molar-refractivity contribution in [3.63, 3.8) is 0 Å². The number of aliphatic hydroxyl groups is 1. The van der Waals surface area contributed by atoms with E-state index in [-0.39, 0.29) is 6.10 Å². The number of ether oxygens (including phenoxy) is 1. The highest BCUT2D eigenvalue weighted by Gasteiger charge is 2.74. The molecule has 0 radical (unpaired) electrons. The van der Waals surface area contributed by atoms with Crippen molar-refractivity contribution in [3.8, 4) is 5.75 Å². The fourth-order valence-corrected chi connectivity index (χ4v) is 4.53. The molecule has 3 aliphatic rings. The minimum atomic E-state index is -0.854. The number of hydrogen-bond acceptors (Lipinski definition) is 4. The second-order valence-electron chi connectivity index (χ2n) is 8.00. The van der Waals surface area contributed by atoms with E-state index in [0.717, 1.165) is 19.0 Å². The monoisotopic (exact) mass is 348 g/mol. The first kappa shape index (κ1) is 17.3. The molecule has 2 unspecified atom stereocenters. The SMILES string of the molecule is CCCC1C2C(Oc3ccc([C@@H](O)[C@H](N)CN4CCCC4)cc3F)C12. The molecular formula is C20H29FN2O2. The van der Waals surface area contributed by atoms with Crippen LogP contribution in [0.3, 0.4) is 0 Å². The van der Waals surface area contributed by atoms with Crippen LogP contribution in [-0.4, -0.2) is 41.8 Å². The molecule has 0 aromatic heterocycles. The van der Waals surface area contributed by atoms with Crippen molar-refractivity contribution in [2.75, 3.05) is 19.6 Å². The third kappa shape index (κ3) is 3.42. The Morgan fingerprint density at radius 3 is 2.68 bits per heavy atom. The van der Waals surface area contributed by atoms with Crippen LogP contribution in [0.2, 0.25) is 0 Å². The fraction of sp³-hybridized carbons (Fsp3) is 0.700. The first-order valence-electron chi connectivity index (χ1n) is 9.72. The molecule has 2 aliphatic carbocycles. The van der Waals surface area contributed by atoms with Crippen LogP contribution in [0.15, 0.2) is 18.2 Å². The van der Waals surface area contributed by atoms with Gasteiger partial charge in [-0.2, -0.15) is 0 Å². The Morgan fingerprint density at radius 1 is 1.32 bits per heavy atom.